The molecule has 0 radical (unpaired) electrons. The first kappa shape index (κ1) is 16.0. The van der Waals surface area contributed by atoms with E-state index in [9.17, 15) is 9.59 Å². The molecule has 2 atom stereocenters. The Kier molecular flexibility index (Phi) is 4.66. The van der Waals surface area contributed by atoms with Crippen molar-refractivity contribution in [1.29, 1.82) is 0 Å². The number of nitrogens with one attached hydrogen (secondary N) is 2. The third kappa shape index (κ3) is 3.91. The molecule has 2 amide bonds. The van der Waals surface area contributed by atoms with Crippen molar-refractivity contribution in [2.24, 2.45) is 5.92 Å². The number of anilines is 1. The maximum absolute atomic E-state index is 12.3. The molecule has 1 aromatic carbocycles. The number of hydrogen-bond donors (Lipinski definition) is 2. The van der Waals surface area contributed by atoms with Gasteiger partial charge in [-0.2, -0.15) is 0 Å². The molecule has 2 N–H and O–H groups in total. The largest absolute Gasteiger partial charge is 0.345 e. The summed E-state index contributed by atoms with van der Waals surface area (Å²) in [5.41, 5.74) is 1.28. The molecule has 5 heteroatoms. The summed E-state index contributed by atoms with van der Waals surface area (Å²) in [5.74, 6) is 0.460. The van der Waals surface area contributed by atoms with Crippen molar-refractivity contribution in [2.45, 2.75) is 44.2 Å². The van der Waals surface area contributed by atoms with Gasteiger partial charge in [-0.05, 0) is 49.8 Å². The van der Waals surface area contributed by atoms with E-state index in [1.807, 2.05) is 6.07 Å². The van der Waals surface area contributed by atoms with Crippen LogP contribution in [0.25, 0.3) is 0 Å². The van der Waals surface area contributed by atoms with E-state index in [1.165, 1.54) is 17.7 Å². The van der Waals surface area contributed by atoms with Gasteiger partial charge >= 0.3 is 0 Å². The van der Waals surface area contributed by atoms with Crippen LogP contribution in [0.15, 0.2) is 24.3 Å². The van der Waals surface area contributed by atoms with Crippen LogP contribution in [0.5, 0.6) is 0 Å². The molecule has 2 aliphatic heterocycles. The number of amides is 2. The van der Waals surface area contributed by atoms with Crippen molar-refractivity contribution in [1.82, 2.24) is 10.2 Å². The van der Waals surface area contributed by atoms with Crippen molar-refractivity contribution in [3.05, 3.63) is 29.8 Å². The van der Waals surface area contributed by atoms with Crippen molar-refractivity contribution >= 4 is 17.5 Å². The Morgan fingerprint density at radius 3 is 2.57 bits per heavy atom. The van der Waals surface area contributed by atoms with Crippen LogP contribution in [-0.2, 0) is 4.79 Å². The zero-order chi connectivity index (χ0) is 16.4. The lowest BCUT2D eigenvalue weighted by Gasteiger charge is -2.28. The first-order valence-electron chi connectivity index (χ1n) is 8.39. The van der Waals surface area contributed by atoms with Gasteiger partial charge in [-0.1, -0.05) is 6.07 Å². The summed E-state index contributed by atoms with van der Waals surface area (Å²) < 4.78 is 0. The number of benzene rings is 1. The molecule has 2 saturated heterocycles. The molecular weight excluding hydrogens is 290 g/mol. The highest BCUT2D eigenvalue weighted by Crippen LogP contribution is 2.32. The van der Waals surface area contributed by atoms with Gasteiger partial charge in [-0.15, -0.1) is 0 Å². The van der Waals surface area contributed by atoms with Gasteiger partial charge in [-0.25, -0.2) is 0 Å². The predicted octanol–water partition coefficient (Wildman–Crippen LogP) is 2.25. The van der Waals surface area contributed by atoms with Gasteiger partial charge in [0.2, 0.25) is 5.91 Å². The normalized spacial score (nSPS) is 25.9. The topological polar surface area (TPSA) is 61.4 Å². The van der Waals surface area contributed by atoms with Crippen LogP contribution >= 0.6 is 0 Å². The lowest BCUT2D eigenvalue weighted by atomic mass is 9.89. The fraction of sp³-hybridized carbons (Fsp3) is 0.556. The van der Waals surface area contributed by atoms with Gasteiger partial charge in [0.25, 0.3) is 5.91 Å². The lowest BCUT2D eigenvalue weighted by molar-refractivity contribution is -0.117. The molecule has 1 aromatic rings. The van der Waals surface area contributed by atoms with Gasteiger partial charge in [0.05, 0.1) is 0 Å². The van der Waals surface area contributed by atoms with Gasteiger partial charge in [0.1, 0.15) is 0 Å². The number of piperidine rings is 1. The standard InChI is InChI=1S/C18H25N3O2/c1-21(2)18(23)13-4-3-5-14(11-13)20-17(22)10-12-8-15-6-7-16(9-12)19-15/h3-5,11-12,15-16,19H,6-10H2,1-2H3,(H,20,22). The summed E-state index contributed by atoms with van der Waals surface area (Å²) in [4.78, 5) is 25.8. The molecule has 2 heterocycles. The van der Waals surface area contributed by atoms with Crippen molar-refractivity contribution < 1.29 is 9.59 Å². The summed E-state index contributed by atoms with van der Waals surface area (Å²) in [7, 11) is 3.44. The minimum atomic E-state index is -0.0592. The molecule has 0 aliphatic carbocycles. The summed E-state index contributed by atoms with van der Waals surface area (Å²) in [6.45, 7) is 0. The van der Waals surface area contributed by atoms with Crippen LogP contribution < -0.4 is 10.6 Å². The molecule has 2 unspecified atom stereocenters. The Balaban J connectivity index is 1.57. The Hall–Kier alpha value is -1.88. The molecule has 3 rings (SSSR count). The van der Waals surface area contributed by atoms with Crippen LogP contribution in [0.2, 0.25) is 0 Å². The fourth-order valence-electron chi connectivity index (χ4n) is 3.80. The second-order valence-corrected chi connectivity index (χ2v) is 7.01. The van der Waals surface area contributed by atoms with E-state index in [0.29, 0.717) is 35.7 Å². The molecule has 0 spiro atoms. The minimum absolute atomic E-state index is 0.0470. The zero-order valence-corrected chi connectivity index (χ0v) is 13.8. The zero-order valence-electron chi connectivity index (χ0n) is 13.8. The predicted molar refractivity (Wildman–Crippen MR) is 90.4 cm³/mol. The maximum Gasteiger partial charge on any atom is 0.253 e. The summed E-state index contributed by atoms with van der Waals surface area (Å²) in [5, 5.41) is 6.54. The monoisotopic (exact) mass is 315 g/mol. The molecule has 23 heavy (non-hydrogen) atoms. The van der Waals surface area contributed by atoms with Gasteiger partial charge in [0, 0.05) is 43.9 Å². The van der Waals surface area contributed by atoms with Crippen LogP contribution in [0, 0.1) is 5.92 Å². The summed E-state index contributed by atoms with van der Waals surface area (Å²) >= 11 is 0. The van der Waals surface area contributed by atoms with Gasteiger partial charge < -0.3 is 15.5 Å². The van der Waals surface area contributed by atoms with Crippen LogP contribution in [0.4, 0.5) is 5.69 Å². The Bertz CT molecular complexity index is 588. The average molecular weight is 315 g/mol. The smallest absolute Gasteiger partial charge is 0.253 e. The number of carbonyl (C=O) groups is 2. The molecule has 5 nitrogen and oxygen atoms in total. The molecular formula is C18H25N3O2. The third-order valence-electron chi connectivity index (χ3n) is 4.84. The van der Waals surface area contributed by atoms with E-state index >= 15 is 0 Å². The molecule has 0 aromatic heterocycles. The first-order chi connectivity index (χ1) is 11.0. The highest BCUT2D eigenvalue weighted by atomic mass is 16.2. The summed E-state index contributed by atoms with van der Waals surface area (Å²) in [6.07, 6.45) is 5.27. The quantitative estimate of drug-likeness (QED) is 0.896. The van der Waals surface area contributed by atoms with E-state index in [2.05, 4.69) is 10.6 Å². The highest BCUT2D eigenvalue weighted by Gasteiger charge is 2.34. The van der Waals surface area contributed by atoms with Crippen LogP contribution in [0.3, 0.4) is 0 Å². The Labute approximate surface area is 137 Å². The fourth-order valence-corrected chi connectivity index (χ4v) is 3.80. The minimum Gasteiger partial charge on any atom is -0.345 e. The summed E-state index contributed by atoms with van der Waals surface area (Å²) in [6, 6.07) is 8.35. The second-order valence-electron chi connectivity index (χ2n) is 7.01. The van der Waals surface area contributed by atoms with Crippen LogP contribution in [-0.4, -0.2) is 42.9 Å². The lowest BCUT2D eigenvalue weighted by Crippen LogP contribution is -2.39. The van der Waals surface area contributed by atoms with E-state index in [0.717, 1.165) is 12.8 Å². The Morgan fingerprint density at radius 1 is 1.22 bits per heavy atom. The van der Waals surface area contributed by atoms with E-state index in [-0.39, 0.29) is 11.8 Å². The van der Waals surface area contributed by atoms with E-state index in [4.69, 9.17) is 0 Å². The second kappa shape index (κ2) is 6.71. The molecule has 2 aliphatic rings. The van der Waals surface area contributed by atoms with E-state index in [1.54, 1.807) is 32.3 Å². The average Bonchev–Trinajstić information content (AvgIpc) is 2.85. The van der Waals surface area contributed by atoms with Gasteiger partial charge in [-0.3, -0.25) is 9.59 Å². The number of rotatable bonds is 4. The number of fused-ring (bicyclic) bond motifs is 2. The number of hydrogen-bond acceptors (Lipinski definition) is 3. The number of carbonyl (C=O) groups excluding carboxylic acids is 2. The van der Waals surface area contributed by atoms with Crippen LogP contribution in [0.1, 0.15) is 42.5 Å². The number of nitrogens with zero attached hydrogens (tertiary/aromatic N) is 1. The highest BCUT2D eigenvalue weighted by molar-refractivity contribution is 5.97. The van der Waals surface area contributed by atoms with Crippen molar-refractivity contribution in [2.75, 3.05) is 19.4 Å². The Morgan fingerprint density at radius 2 is 1.91 bits per heavy atom. The van der Waals surface area contributed by atoms with Crippen molar-refractivity contribution in [3.8, 4) is 0 Å². The van der Waals surface area contributed by atoms with E-state index < -0.39 is 0 Å². The maximum atomic E-state index is 12.3. The molecule has 0 saturated carbocycles. The van der Waals surface area contributed by atoms with Gasteiger partial charge in [0.15, 0.2) is 0 Å². The third-order valence-corrected chi connectivity index (χ3v) is 4.84. The molecule has 124 valence electrons. The van der Waals surface area contributed by atoms with Crippen molar-refractivity contribution in [3.63, 3.8) is 0 Å². The molecule has 2 bridgehead atoms. The first-order valence-corrected chi connectivity index (χ1v) is 8.39. The SMILES string of the molecule is CN(C)C(=O)c1cccc(NC(=O)CC2CC3CCC(C2)N3)c1. The molecule has 2 fully saturated rings.